The summed E-state index contributed by atoms with van der Waals surface area (Å²) in [6.07, 6.45) is 0.747. The van der Waals surface area contributed by atoms with Gasteiger partial charge in [0.15, 0.2) is 0 Å². The fourth-order valence-corrected chi connectivity index (χ4v) is 1.56. The maximum Gasteiger partial charge on any atom is 0.270 e. The maximum atomic E-state index is 12.0. The molecule has 0 saturated heterocycles. The molecule has 1 aromatic heterocycles. The van der Waals surface area contributed by atoms with E-state index in [0.717, 1.165) is 6.42 Å². The van der Waals surface area contributed by atoms with Crippen molar-refractivity contribution in [2.75, 3.05) is 13.6 Å². The van der Waals surface area contributed by atoms with E-state index in [1.807, 2.05) is 0 Å². The molecule has 5 heteroatoms. The Balaban J connectivity index is 2.59. The summed E-state index contributed by atoms with van der Waals surface area (Å²) in [4.78, 5) is 27.2. The molecule has 1 rings (SSSR count). The second-order valence-electron chi connectivity index (χ2n) is 4.85. The number of aromatic nitrogens is 1. The van der Waals surface area contributed by atoms with Crippen LogP contribution in [0.5, 0.6) is 0 Å². The van der Waals surface area contributed by atoms with Gasteiger partial charge in [-0.2, -0.15) is 0 Å². The van der Waals surface area contributed by atoms with Gasteiger partial charge in [-0.1, -0.05) is 19.9 Å². The van der Waals surface area contributed by atoms with Crippen LogP contribution in [0.3, 0.4) is 0 Å². The average molecular weight is 251 g/mol. The zero-order chi connectivity index (χ0) is 13.7. The largest absolute Gasteiger partial charge is 0.340 e. The molecule has 0 aliphatic carbocycles. The van der Waals surface area contributed by atoms with Crippen LogP contribution in [0.25, 0.3) is 0 Å². The molecule has 3 N–H and O–H groups in total. The van der Waals surface area contributed by atoms with Crippen LogP contribution in [0.4, 0.5) is 0 Å². The van der Waals surface area contributed by atoms with Gasteiger partial charge in [-0.3, -0.25) is 9.59 Å². The molecule has 0 aromatic carbocycles. The molecular formula is C13H21N3O2. The average Bonchev–Trinajstić information content (AvgIpc) is 2.34. The first kappa shape index (κ1) is 14.4. The number of H-pyrrole nitrogens is 1. The molecule has 0 aliphatic rings. The van der Waals surface area contributed by atoms with E-state index in [-0.39, 0.29) is 17.5 Å². The number of pyridine rings is 1. The Morgan fingerprint density at radius 3 is 2.67 bits per heavy atom. The first-order valence-corrected chi connectivity index (χ1v) is 6.12. The third-order valence-electron chi connectivity index (χ3n) is 3.00. The topological polar surface area (TPSA) is 79.2 Å². The van der Waals surface area contributed by atoms with Crippen LogP contribution < -0.4 is 11.3 Å². The highest BCUT2D eigenvalue weighted by atomic mass is 16.2. The molecule has 0 spiro atoms. The molecule has 1 atom stereocenters. The lowest BCUT2D eigenvalue weighted by molar-refractivity contribution is 0.0783. The van der Waals surface area contributed by atoms with Crippen LogP contribution in [0.2, 0.25) is 0 Å². The lowest BCUT2D eigenvalue weighted by atomic mass is 10.0. The molecule has 0 saturated carbocycles. The minimum atomic E-state index is -0.270. The highest BCUT2D eigenvalue weighted by Crippen LogP contribution is 2.05. The summed E-state index contributed by atoms with van der Waals surface area (Å²) in [7, 11) is 1.71. The predicted molar refractivity (Wildman–Crippen MR) is 71.5 cm³/mol. The Hall–Kier alpha value is -1.62. The monoisotopic (exact) mass is 251 g/mol. The van der Waals surface area contributed by atoms with Crippen molar-refractivity contribution >= 4 is 5.91 Å². The van der Waals surface area contributed by atoms with Gasteiger partial charge in [0.05, 0.1) is 0 Å². The maximum absolute atomic E-state index is 12.0. The fourth-order valence-electron chi connectivity index (χ4n) is 1.56. The molecule has 0 bridgehead atoms. The highest BCUT2D eigenvalue weighted by Gasteiger charge is 2.14. The summed E-state index contributed by atoms with van der Waals surface area (Å²) < 4.78 is 0. The number of rotatable bonds is 5. The minimum absolute atomic E-state index is 0.0788. The summed E-state index contributed by atoms with van der Waals surface area (Å²) >= 11 is 0. The summed E-state index contributed by atoms with van der Waals surface area (Å²) in [6.45, 7) is 4.69. The summed E-state index contributed by atoms with van der Waals surface area (Å²) in [5.74, 6) is 0.202. The molecule has 0 aliphatic heterocycles. The van der Waals surface area contributed by atoms with E-state index < -0.39 is 0 Å². The van der Waals surface area contributed by atoms with Gasteiger partial charge in [0, 0.05) is 25.7 Å². The number of carbonyl (C=O) groups is 1. The Morgan fingerprint density at radius 2 is 2.11 bits per heavy atom. The van der Waals surface area contributed by atoms with Crippen molar-refractivity contribution in [3.63, 3.8) is 0 Å². The number of aromatic amines is 1. The van der Waals surface area contributed by atoms with E-state index in [1.165, 1.54) is 6.07 Å². The minimum Gasteiger partial charge on any atom is -0.340 e. The molecule has 18 heavy (non-hydrogen) atoms. The Kier molecular flexibility index (Phi) is 5.09. The molecule has 100 valence electrons. The van der Waals surface area contributed by atoms with Gasteiger partial charge >= 0.3 is 0 Å². The van der Waals surface area contributed by atoms with Gasteiger partial charge in [-0.15, -0.1) is 0 Å². The zero-order valence-electron chi connectivity index (χ0n) is 11.1. The van der Waals surface area contributed by atoms with Crippen molar-refractivity contribution in [2.45, 2.75) is 26.3 Å². The first-order chi connectivity index (χ1) is 8.41. The van der Waals surface area contributed by atoms with Crippen LogP contribution in [0, 0.1) is 5.92 Å². The van der Waals surface area contributed by atoms with Crippen LogP contribution in [-0.2, 0) is 0 Å². The predicted octanol–water partition coefficient (Wildman–Crippen LogP) is 0.820. The quantitative estimate of drug-likeness (QED) is 0.813. The van der Waals surface area contributed by atoms with Crippen LogP contribution in [0.15, 0.2) is 23.0 Å². The normalized spacial score (nSPS) is 12.5. The number of nitrogens with one attached hydrogen (secondary N) is 1. The first-order valence-electron chi connectivity index (χ1n) is 6.12. The van der Waals surface area contributed by atoms with Crippen molar-refractivity contribution in [1.29, 1.82) is 0 Å². The number of amides is 1. The summed E-state index contributed by atoms with van der Waals surface area (Å²) in [5.41, 5.74) is 5.97. The van der Waals surface area contributed by atoms with Crippen molar-refractivity contribution in [3.8, 4) is 0 Å². The zero-order valence-corrected chi connectivity index (χ0v) is 11.1. The molecule has 1 aromatic rings. The Labute approximate surface area is 107 Å². The van der Waals surface area contributed by atoms with Crippen LogP contribution in [0.1, 0.15) is 30.8 Å². The van der Waals surface area contributed by atoms with Gasteiger partial charge in [0.1, 0.15) is 5.69 Å². The van der Waals surface area contributed by atoms with Crippen molar-refractivity contribution < 1.29 is 4.79 Å². The third-order valence-corrected chi connectivity index (χ3v) is 3.00. The lowest BCUT2D eigenvalue weighted by Crippen LogP contribution is -2.35. The van der Waals surface area contributed by atoms with E-state index >= 15 is 0 Å². The second-order valence-corrected chi connectivity index (χ2v) is 4.85. The summed E-state index contributed by atoms with van der Waals surface area (Å²) in [5, 5.41) is 0. The van der Waals surface area contributed by atoms with E-state index in [0.29, 0.717) is 18.2 Å². The van der Waals surface area contributed by atoms with Gasteiger partial charge < -0.3 is 15.6 Å². The van der Waals surface area contributed by atoms with E-state index in [4.69, 9.17) is 5.73 Å². The molecule has 1 amide bonds. The van der Waals surface area contributed by atoms with Crippen molar-refractivity contribution in [3.05, 3.63) is 34.2 Å². The molecular weight excluding hydrogens is 230 g/mol. The SMILES string of the molecule is CC(C)C(N)CCN(C)C(=O)c1cccc(=O)[nH]1. The van der Waals surface area contributed by atoms with E-state index in [2.05, 4.69) is 18.8 Å². The lowest BCUT2D eigenvalue weighted by Gasteiger charge is -2.21. The molecule has 5 nitrogen and oxygen atoms in total. The number of hydrogen-bond donors (Lipinski definition) is 2. The Morgan fingerprint density at radius 1 is 1.44 bits per heavy atom. The summed E-state index contributed by atoms with van der Waals surface area (Å²) in [6, 6.07) is 4.63. The molecule has 1 unspecified atom stereocenters. The van der Waals surface area contributed by atoms with E-state index in [1.54, 1.807) is 24.1 Å². The standard InChI is InChI=1S/C13H21N3O2/c1-9(2)10(14)7-8-16(3)13(18)11-5-4-6-12(17)15-11/h4-6,9-10H,7-8,14H2,1-3H3,(H,15,17). The molecule has 0 fully saturated rings. The van der Waals surface area contributed by atoms with E-state index in [9.17, 15) is 9.59 Å². The number of nitrogens with two attached hydrogens (primary N) is 1. The number of hydrogen-bond acceptors (Lipinski definition) is 3. The second kappa shape index (κ2) is 6.35. The van der Waals surface area contributed by atoms with Crippen LogP contribution >= 0.6 is 0 Å². The van der Waals surface area contributed by atoms with Gasteiger partial charge in [0.2, 0.25) is 5.56 Å². The number of nitrogens with zero attached hydrogens (tertiary/aromatic N) is 1. The van der Waals surface area contributed by atoms with Gasteiger partial charge in [0.25, 0.3) is 5.91 Å². The smallest absolute Gasteiger partial charge is 0.270 e. The Bertz CT molecular complexity index is 454. The van der Waals surface area contributed by atoms with Crippen LogP contribution in [-0.4, -0.2) is 35.4 Å². The van der Waals surface area contributed by atoms with Crippen molar-refractivity contribution in [2.24, 2.45) is 11.7 Å². The highest BCUT2D eigenvalue weighted by molar-refractivity contribution is 5.91. The fraction of sp³-hybridized carbons (Fsp3) is 0.538. The molecule has 0 radical (unpaired) electrons. The van der Waals surface area contributed by atoms with Gasteiger partial charge in [-0.05, 0) is 18.4 Å². The third kappa shape index (κ3) is 4.00. The van der Waals surface area contributed by atoms with Crippen molar-refractivity contribution in [1.82, 2.24) is 9.88 Å². The molecule has 1 heterocycles. The van der Waals surface area contributed by atoms with Gasteiger partial charge in [-0.25, -0.2) is 0 Å². The number of carbonyl (C=O) groups excluding carboxylic acids is 1.